The standard InChI is InChI=1S/C16H16N2O3S/c1-3-5-13-14(15(19)20)22-16-17-12(9-18(13)16)10-6-4-7-11(8-10)21-2/h4,6-9H,3,5H2,1-2H3,(H,19,20). The number of carboxylic acid groups (broad SMARTS) is 1. The molecule has 0 amide bonds. The Labute approximate surface area is 131 Å². The molecule has 6 heteroatoms. The van der Waals surface area contributed by atoms with Crippen molar-refractivity contribution in [2.75, 3.05) is 7.11 Å². The summed E-state index contributed by atoms with van der Waals surface area (Å²) < 4.78 is 7.13. The number of imidazole rings is 1. The molecule has 1 N–H and O–H groups in total. The fraction of sp³-hybridized carbons (Fsp3) is 0.250. The molecule has 0 aliphatic carbocycles. The summed E-state index contributed by atoms with van der Waals surface area (Å²) in [5, 5.41) is 9.32. The highest BCUT2D eigenvalue weighted by molar-refractivity contribution is 7.19. The van der Waals surface area contributed by atoms with Crippen molar-refractivity contribution in [2.24, 2.45) is 0 Å². The van der Waals surface area contributed by atoms with Crippen LogP contribution in [0.15, 0.2) is 30.5 Å². The second kappa shape index (κ2) is 5.81. The number of carboxylic acids is 1. The minimum absolute atomic E-state index is 0.376. The number of hydrogen-bond donors (Lipinski definition) is 1. The number of fused-ring (bicyclic) bond motifs is 1. The molecular weight excluding hydrogens is 300 g/mol. The Balaban J connectivity index is 2.11. The number of thiazole rings is 1. The summed E-state index contributed by atoms with van der Waals surface area (Å²) in [6.07, 6.45) is 3.51. The minimum atomic E-state index is -0.887. The van der Waals surface area contributed by atoms with Crippen molar-refractivity contribution in [2.45, 2.75) is 19.8 Å². The Morgan fingerprint density at radius 1 is 1.45 bits per heavy atom. The molecule has 5 nitrogen and oxygen atoms in total. The molecule has 0 unspecified atom stereocenters. The average Bonchev–Trinajstić information content (AvgIpc) is 3.07. The van der Waals surface area contributed by atoms with Crippen LogP contribution >= 0.6 is 11.3 Å². The molecule has 0 atom stereocenters. The van der Waals surface area contributed by atoms with Crippen molar-refractivity contribution in [3.63, 3.8) is 0 Å². The van der Waals surface area contributed by atoms with Gasteiger partial charge in [-0.3, -0.25) is 4.40 Å². The maximum absolute atomic E-state index is 11.4. The van der Waals surface area contributed by atoms with Crippen LogP contribution in [0.2, 0.25) is 0 Å². The molecule has 0 spiro atoms. The fourth-order valence-electron chi connectivity index (χ4n) is 2.45. The van der Waals surface area contributed by atoms with Gasteiger partial charge in [-0.15, -0.1) is 0 Å². The quantitative estimate of drug-likeness (QED) is 0.779. The number of ether oxygens (including phenoxy) is 1. The SMILES string of the molecule is CCCc1c(C(=O)O)sc2nc(-c3cccc(OC)c3)cn12. The molecule has 1 aromatic carbocycles. The van der Waals surface area contributed by atoms with Gasteiger partial charge in [0, 0.05) is 17.5 Å². The van der Waals surface area contributed by atoms with E-state index in [4.69, 9.17) is 4.74 Å². The highest BCUT2D eigenvalue weighted by atomic mass is 32.1. The molecule has 0 saturated heterocycles. The monoisotopic (exact) mass is 316 g/mol. The Bertz CT molecular complexity index is 835. The van der Waals surface area contributed by atoms with Gasteiger partial charge in [-0.1, -0.05) is 36.8 Å². The van der Waals surface area contributed by atoms with E-state index in [0.717, 1.165) is 35.5 Å². The molecule has 3 rings (SSSR count). The molecule has 0 aliphatic heterocycles. The van der Waals surface area contributed by atoms with Gasteiger partial charge in [0.1, 0.15) is 10.6 Å². The topological polar surface area (TPSA) is 63.8 Å². The zero-order valence-corrected chi connectivity index (χ0v) is 13.2. The summed E-state index contributed by atoms with van der Waals surface area (Å²) in [6.45, 7) is 2.04. The van der Waals surface area contributed by atoms with Gasteiger partial charge >= 0.3 is 5.97 Å². The van der Waals surface area contributed by atoms with Gasteiger partial charge in [0.15, 0.2) is 4.96 Å². The predicted molar refractivity (Wildman–Crippen MR) is 86.0 cm³/mol. The van der Waals surface area contributed by atoms with Gasteiger partial charge in [-0.2, -0.15) is 0 Å². The van der Waals surface area contributed by atoms with E-state index in [1.54, 1.807) is 7.11 Å². The van der Waals surface area contributed by atoms with Crippen molar-refractivity contribution in [3.05, 3.63) is 41.0 Å². The Morgan fingerprint density at radius 2 is 2.27 bits per heavy atom. The summed E-state index contributed by atoms with van der Waals surface area (Å²) in [5.41, 5.74) is 2.59. The highest BCUT2D eigenvalue weighted by Crippen LogP contribution is 2.29. The first-order chi connectivity index (χ1) is 10.6. The van der Waals surface area contributed by atoms with Crippen molar-refractivity contribution in [1.29, 1.82) is 0 Å². The first-order valence-corrected chi connectivity index (χ1v) is 7.84. The second-order valence-electron chi connectivity index (χ2n) is 4.94. The summed E-state index contributed by atoms with van der Waals surface area (Å²) in [5.74, 6) is -0.115. The van der Waals surface area contributed by atoms with Crippen LogP contribution in [0.1, 0.15) is 28.7 Å². The summed E-state index contributed by atoms with van der Waals surface area (Å²) in [4.78, 5) is 17.0. The van der Waals surface area contributed by atoms with Crippen molar-refractivity contribution in [1.82, 2.24) is 9.38 Å². The van der Waals surface area contributed by atoms with E-state index in [9.17, 15) is 9.90 Å². The van der Waals surface area contributed by atoms with E-state index >= 15 is 0 Å². The van der Waals surface area contributed by atoms with Crippen molar-refractivity contribution >= 4 is 22.3 Å². The van der Waals surface area contributed by atoms with Crippen LogP contribution in [0.5, 0.6) is 5.75 Å². The number of nitrogens with zero attached hydrogens (tertiary/aromatic N) is 2. The number of methoxy groups -OCH3 is 1. The van der Waals surface area contributed by atoms with E-state index in [2.05, 4.69) is 4.98 Å². The van der Waals surface area contributed by atoms with E-state index in [1.165, 1.54) is 11.3 Å². The lowest BCUT2D eigenvalue weighted by molar-refractivity contribution is 0.0700. The maximum Gasteiger partial charge on any atom is 0.347 e. The third-order valence-electron chi connectivity index (χ3n) is 3.47. The van der Waals surface area contributed by atoms with Crippen LogP contribution in [-0.2, 0) is 6.42 Å². The Morgan fingerprint density at radius 3 is 2.95 bits per heavy atom. The molecule has 2 aromatic heterocycles. The first kappa shape index (κ1) is 14.6. The number of aromatic nitrogens is 2. The zero-order chi connectivity index (χ0) is 15.7. The molecule has 3 aromatic rings. The van der Waals surface area contributed by atoms with Crippen LogP contribution in [0.3, 0.4) is 0 Å². The van der Waals surface area contributed by atoms with Crippen molar-refractivity contribution in [3.8, 4) is 17.0 Å². The van der Waals surface area contributed by atoms with Gasteiger partial charge in [0.2, 0.25) is 0 Å². The van der Waals surface area contributed by atoms with E-state index < -0.39 is 5.97 Å². The molecular formula is C16H16N2O3S. The second-order valence-corrected chi connectivity index (χ2v) is 5.92. The molecule has 22 heavy (non-hydrogen) atoms. The smallest absolute Gasteiger partial charge is 0.347 e. The lowest BCUT2D eigenvalue weighted by atomic mass is 10.1. The fourth-order valence-corrected chi connectivity index (χ4v) is 3.44. The number of aryl methyl sites for hydroxylation is 1. The van der Waals surface area contributed by atoms with E-state index in [-0.39, 0.29) is 0 Å². The number of hydrogen-bond acceptors (Lipinski definition) is 4. The third-order valence-corrected chi connectivity index (χ3v) is 4.55. The first-order valence-electron chi connectivity index (χ1n) is 7.02. The molecule has 0 fully saturated rings. The molecule has 0 bridgehead atoms. The largest absolute Gasteiger partial charge is 0.497 e. The van der Waals surface area contributed by atoms with Crippen LogP contribution in [0, 0.1) is 0 Å². The number of aromatic carboxylic acids is 1. The van der Waals surface area contributed by atoms with Gasteiger partial charge in [0.05, 0.1) is 12.8 Å². The molecule has 0 saturated carbocycles. The summed E-state index contributed by atoms with van der Waals surface area (Å²) in [6, 6.07) is 7.68. The zero-order valence-electron chi connectivity index (χ0n) is 12.4. The van der Waals surface area contributed by atoms with Crippen LogP contribution in [0.25, 0.3) is 16.2 Å². The third kappa shape index (κ3) is 2.46. The molecule has 114 valence electrons. The molecule has 2 heterocycles. The van der Waals surface area contributed by atoms with E-state index in [1.807, 2.05) is 41.8 Å². The van der Waals surface area contributed by atoms with Crippen LogP contribution in [-0.4, -0.2) is 27.6 Å². The molecule has 0 radical (unpaired) electrons. The van der Waals surface area contributed by atoms with Gasteiger partial charge in [-0.25, -0.2) is 9.78 Å². The maximum atomic E-state index is 11.4. The Kier molecular flexibility index (Phi) is 3.85. The number of rotatable bonds is 5. The lowest BCUT2D eigenvalue weighted by Gasteiger charge is -2.02. The number of carbonyl (C=O) groups is 1. The molecule has 0 aliphatic rings. The van der Waals surface area contributed by atoms with Gasteiger partial charge < -0.3 is 9.84 Å². The van der Waals surface area contributed by atoms with E-state index in [0.29, 0.717) is 9.84 Å². The predicted octanol–water partition coefficient (Wildman–Crippen LogP) is 3.72. The average molecular weight is 316 g/mol. The van der Waals surface area contributed by atoms with Gasteiger partial charge in [0.25, 0.3) is 0 Å². The Hall–Kier alpha value is -2.34. The summed E-state index contributed by atoms with van der Waals surface area (Å²) in [7, 11) is 1.63. The number of benzene rings is 1. The van der Waals surface area contributed by atoms with Crippen molar-refractivity contribution < 1.29 is 14.6 Å². The normalized spacial score (nSPS) is 11.0. The highest BCUT2D eigenvalue weighted by Gasteiger charge is 2.19. The van der Waals surface area contributed by atoms with Crippen LogP contribution < -0.4 is 4.74 Å². The summed E-state index contributed by atoms with van der Waals surface area (Å²) >= 11 is 1.22. The van der Waals surface area contributed by atoms with Gasteiger partial charge in [-0.05, 0) is 18.6 Å². The van der Waals surface area contributed by atoms with Crippen LogP contribution in [0.4, 0.5) is 0 Å². The lowest BCUT2D eigenvalue weighted by Crippen LogP contribution is -2.00. The minimum Gasteiger partial charge on any atom is -0.497 e.